The first kappa shape index (κ1) is 27.3. The first-order valence-electron chi connectivity index (χ1n) is 12.1. The number of nitrogens with two attached hydrogens (primary N) is 1. The van der Waals surface area contributed by atoms with Gasteiger partial charge in [0.1, 0.15) is 24.4 Å². The van der Waals surface area contributed by atoms with Crippen LogP contribution in [-0.2, 0) is 23.0 Å². The minimum Gasteiger partial charge on any atom is -0.477 e. The Balaban J connectivity index is 1.48. The van der Waals surface area contributed by atoms with Crippen LogP contribution >= 0.6 is 0 Å². The normalized spacial score (nSPS) is 15.4. The van der Waals surface area contributed by atoms with Gasteiger partial charge in [-0.25, -0.2) is 22.9 Å². The highest BCUT2D eigenvalue weighted by atomic mass is 32.2. The second-order valence-electron chi connectivity index (χ2n) is 9.22. The van der Waals surface area contributed by atoms with E-state index in [0.29, 0.717) is 31.0 Å². The molecule has 1 aliphatic rings. The number of nitrogens with zero attached hydrogens (tertiary/aromatic N) is 3. The molecular formula is C26H32N6O5S. The number of sulfonamides is 1. The molecular weight excluding hydrogens is 508 g/mol. The summed E-state index contributed by atoms with van der Waals surface area (Å²) in [5, 5.41) is 24.3. The Labute approximate surface area is 221 Å². The molecule has 0 fully saturated rings. The second-order valence-corrected chi connectivity index (χ2v) is 11.1. The monoisotopic (exact) mass is 540 g/mol. The topological polar surface area (TPSA) is 162 Å². The van der Waals surface area contributed by atoms with Crippen LogP contribution < -0.4 is 15.8 Å². The third-order valence-electron chi connectivity index (χ3n) is 6.43. The maximum absolute atomic E-state index is 12.2. The number of rotatable bonds is 11. The van der Waals surface area contributed by atoms with Gasteiger partial charge in [0, 0.05) is 36.2 Å². The lowest BCUT2D eigenvalue weighted by atomic mass is 10.1. The van der Waals surface area contributed by atoms with Crippen molar-refractivity contribution in [2.45, 2.75) is 37.1 Å². The summed E-state index contributed by atoms with van der Waals surface area (Å²) in [5.74, 6) is -0.635. The third kappa shape index (κ3) is 6.22. The molecule has 202 valence electrons. The van der Waals surface area contributed by atoms with E-state index in [4.69, 9.17) is 5.73 Å². The Morgan fingerprint density at radius 3 is 2.66 bits per heavy atom. The fourth-order valence-electron chi connectivity index (χ4n) is 4.38. The number of hydrogen-bond donors (Lipinski definition) is 5. The van der Waals surface area contributed by atoms with Crippen LogP contribution in [0.4, 0.5) is 0 Å². The Kier molecular flexibility index (Phi) is 8.17. The number of amidine groups is 1. The zero-order chi connectivity index (χ0) is 27.4. The van der Waals surface area contributed by atoms with Crippen LogP contribution in [0.3, 0.4) is 0 Å². The van der Waals surface area contributed by atoms with E-state index in [9.17, 15) is 23.4 Å². The van der Waals surface area contributed by atoms with Gasteiger partial charge in [-0.15, -0.1) is 0 Å². The molecule has 11 nitrogen and oxygen atoms in total. The molecule has 0 amide bonds. The summed E-state index contributed by atoms with van der Waals surface area (Å²) < 4.78 is 28.4. The Morgan fingerprint density at radius 1 is 1.18 bits per heavy atom. The molecule has 0 saturated carbocycles. The van der Waals surface area contributed by atoms with Gasteiger partial charge < -0.3 is 30.7 Å². The molecule has 3 aromatic rings. The molecule has 1 aliphatic heterocycles. The number of carboxylic acid groups (broad SMARTS) is 1. The van der Waals surface area contributed by atoms with Gasteiger partial charge in [0.05, 0.1) is 4.90 Å². The van der Waals surface area contributed by atoms with E-state index in [1.807, 2.05) is 25.1 Å². The van der Waals surface area contributed by atoms with E-state index in [0.717, 1.165) is 16.5 Å². The van der Waals surface area contributed by atoms with Crippen LogP contribution in [0.15, 0.2) is 70.7 Å². The predicted molar refractivity (Wildman–Crippen MR) is 145 cm³/mol. The smallest absolute Gasteiger partial charge is 0.352 e. The van der Waals surface area contributed by atoms with Gasteiger partial charge in [0.25, 0.3) is 0 Å². The Morgan fingerprint density at radius 2 is 1.97 bits per heavy atom. The fourth-order valence-corrected chi connectivity index (χ4v) is 5.18. The highest BCUT2D eigenvalue weighted by Crippen LogP contribution is 2.24. The van der Waals surface area contributed by atoms with E-state index < -0.39 is 22.2 Å². The van der Waals surface area contributed by atoms with Crippen LogP contribution in [0, 0.1) is 0 Å². The number of carboxylic acids is 1. The molecule has 2 atom stereocenters. The van der Waals surface area contributed by atoms with E-state index in [1.165, 1.54) is 13.1 Å². The number of aromatic nitrogens is 1. The summed E-state index contributed by atoms with van der Waals surface area (Å²) in [6.45, 7) is 2.85. The fraction of sp³-hybridized carbons (Fsp3) is 0.308. The summed E-state index contributed by atoms with van der Waals surface area (Å²) in [4.78, 5) is 17.9. The number of hydrogen-bond acceptors (Lipinski definition) is 8. The average Bonchev–Trinajstić information content (AvgIpc) is 3.25. The molecule has 0 saturated heterocycles. The molecule has 12 heteroatoms. The lowest BCUT2D eigenvalue weighted by molar-refractivity contribution is 0.0375. The number of fused-ring (bicyclic) bond motifs is 1. The molecule has 0 aliphatic carbocycles. The van der Waals surface area contributed by atoms with Crippen LogP contribution in [0.5, 0.6) is 0 Å². The molecule has 0 spiro atoms. The lowest BCUT2D eigenvalue weighted by Gasteiger charge is -2.28. The number of carbonyl (C=O) groups is 1. The van der Waals surface area contributed by atoms with Crippen molar-refractivity contribution in [3.05, 3.63) is 77.6 Å². The van der Waals surface area contributed by atoms with Crippen molar-refractivity contribution in [1.29, 1.82) is 0 Å². The highest BCUT2D eigenvalue weighted by molar-refractivity contribution is 7.89. The number of benzene rings is 2. The first-order chi connectivity index (χ1) is 18.1. The van der Waals surface area contributed by atoms with Crippen molar-refractivity contribution in [2.75, 3.05) is 20.3 Å². The average molecular weight is 541 g/mol. The van der Waals surface area contributed by atoms with Gasteiger partial charge in [0.15, 0.2) is 0 Å². The molecule has 2 aromatic carbocycles. The molecule has 0 radical (unpaired) electrons. The quantitative estimate of drug-likeness (QED) is 0.243. The summed E-state index contributed by atoms with van der Waals surface area (Å²) in [6, 6.07) is 13.9. The summed E-state index contributed by atoms with van der Waals surface area (Å²) >= 11 is 0. The van der Waals surface area contributed by atoms with E-state index in [1.54, 1.807) is 46.0 Å². The molecule has 6 N–H and O–H groups in total. The van der Waals surface area contributed by atoms with Crippen molar-refractivity contribution in [1.82, 2.24) is 19.5 Å². The Bertz CT molecular complexity index is 1500. The summed E-state index contributed by atoms with van der Waals surface area (Å²) in [7, 11) is -2.27. The zero-order valence-electron chi connectivity index (χ0n) is 21.2. The second kappa shape index (κ2) is 11.4. The number of nitrogens with one attached hydrogen (secondary N) is 2. The predicted octanol–water partition coefficient (Wildman–Crippen LogP) is 1.28. The zero-order valence-corrected chi connectivity index (χ0v) is 22.0. The number of aliphatic hydroxyl groups is 1. The minimum absolute atomic E-state index is 0.0438. The Hall–Kier alpha value is -3.71. The van der Waals surface area contributed by atoms with Gasteiger partial charge in [-0.05, 0) is 67.9 Å². The van der Waals surface area contributed by atoms with Crippen LogP contribution in [0.2, 0.25) is 0 Å². The maximum atomic E-state index is 12.2. The van der Waals surface area contributed by atoms with E-state index in [-0.39, 0.29) is 23.2 Å². The molecule has 4 rings (SSSR count). The van der Waals surface area contributed by atoms with Gasteiger partial charge >= 0.3 is 5.97 Å². The van der Waals surface area contributed by atoms with E-state index >= 15 is 0 Å². The molecule has 1 aromatic heterocycles. The van der Waals surface area contributed by atoms with Crippen molar-refractivity contribution >= 4 is 32.7 Å². The summed E-state index contributed by atoms with van der Waals surface area (Å²) in [6.07, 6.45) is 3.28. The SMILES string of the molecule is CNS(=O)(=O)c1cccc(Cn2c(C(=O)O)cc3cc(CC(C)NCC(O)N4C=CC(N)=NC4)ccc32)c1. The van der Waals surface area contributed by atoms with Crippen LogP contribution in [0.25, 0.3) is 10.9 Å². The van der Waals surface area contributed by atoms with E-state index in [2.05, 4.69) is 15.0 Å². The molecule has 2 unspecified atom stereocenters. The largest absolute Gasteiger partial charge is 0.477 e. The van der Waals surface area contributed by atoms with Crippen molar-refractivity contribution in [2.24, 2.45) is 10.7 Å². The molecule has 0 bridgehead atoms. The van der Waals surface area contributed by atoms with Crippen LogP contribution in [0.1, 0.15) is 28.5 Å². The number of aromatic carboxylic acids is 1. The molecule has 2 heterocycles. The number of aliphatic hydroxyl groups excluding tert-OH is 1. The maximum Gasteiger partial charge on any atom is 0.352 e. The first-order valence-corrected chi connectivity index (χ1v) is 13.6. The van der Waals surface area contributed by atoms with Crippen molar-refractivity contribution in [3.63, 3.8) is 0 Å². The molecule has 38 heavy (non-hydrogen) atoms. The summed E-state index contributed by atoms with van der Waals surface area (Å²) in [5.41, 5.74) is 8.15. The number of aliphatic imine (C=N–C) groups is 1. The van der Waals surface area contributed by atoms with Crippen molar-refractivity contribution < 1.29 is 23.4 Å². The van der Waals surface area contributed by atoms with Crippen molar-refractivity contribution in [3.8, 4) is 0 Å². The van der Waals surface area contributed by atoms with Gasteiger partial charge in [-0.3, -0.25) is 0 Å². The third-order valence-corrected chi connectivity index (χ3v) is 7.84. The van der Waals surface area contributed by atoms with Gasteiger partial charge in [-0.1, -0.05) is 18.2 Å². The van der Waals surface area contributed by atoms with Gasteiger partial charge in [-0.2, -0.15) is 0 Å². The standard InChI is InChI=1S/C26H32N6O5S/c1-17(29-14-25(33)31-9-8-24(27)30-16-31)10-18-6-7-22-20(11-18)13-23(26(34)35)32(22)15-19-4-3-5-21(12-19)38(36,37)28-2/h3-9,11-13,17,25,28-29,33H,10,14-16H2,1-2H3,(H2,27,30)(H,34,35). The lowest BCUT2D eigenvalue weighted by Crippen LogP contribution is -2.44. The highest BCUT2D eigenvalue weighted by Gasteiger charge is 2.18. The van der Waals surface area contributed by atoms with Crippen LogP contribution in [-0.4, -0.2) is 72.4 Å². The van der Waals surface area contributed by atoms with Gasteiger partial charge in [0.2, 0.25) is 10.0 Å². The minimum atomic E-state index is -3.62.